The molecule has 21 heavy (non-hydrogen) atoms. The fraction of sp³-hybridized carbons (Fsp3) is 0.500. The predicted molar refractivity (Wildman–Crippen MR) is 79.5 cm³/mol. The molecule has 3 aliphatic carbocycles. The van der Waals surface area contributed by atoms with Crippen molar-refractivity contribution in [1.29, 1.82) is 0 Å². The van der Waals surface area contributed by atoms with Crippen LogP contribution < -0.4 is 0 Å². The monoisotopic (exact) mass is 284 g/mol. The summed E-state index contributed by atoms with van der Waals surface area (Å²) < 4.78 is 0. The van der Waals surface area contributed by atoms with Gasteiger partial charge in [-0.1, -0.05) is 52.0 Å². The van der Waals surface area contributed by atoms with Gasteiger partial charge in [-0.3, -0.25) is 14.4 Å². The third kappa shape index (κ3) is 1.52. The first-order chi connectivity index (χ1) is 9.73. The molecule has 3 nitrogen and oxygen atoms in total. The molecule has 0 spiro atoms. The topological polar surface area (TPSA) is 51.2 Å². The molecule has 0 amide bonds. The van der Waals surface area contributed by atoms with Gasteiger partial charge in [-0.05, 0) is 23.8 Å². The third-order valence-electron chi connectivity index (χ3n) is 6.15. The van der Waals surface area contributed by atoms with E-state index in [4.69, 9.17) is 0 Å². The zero-order valence-corrected chi connectivity index (χ0v) is 12.9. The summed E-state index contributed by atoms with van der Waals surface area (Å²) in [5.74, 6) is -1.58. The standard InChI is InChI=1S/C18H20O3/c1-10-12-8-6-5-7-11(12)9-13-14(19)15(20)16(21)17(2,3)18(10,13)4/h5-7,9-10,12H,8H2,1-4H3. The zero-order valence-electron chi connectivity index (χ0n) is 12.9. The second-order valence-electron chi connectivity index (χ2n) is 7.10. The Kier molecular flexibility index (Phi) is 2.78. The van der Waals surface area contributed by atoms with Gasteiger partial charge >= 0.3 is 0 Å². The maximum Gasteiger partial charge on any atom is 0.269 e. The maximum absolute atomic E-state index is 12.4. The van der Waals surface area contributed by atoms with Gasteiger partial charge in [0.15, 0.2) is 0 Å². The summed E-state index contributed by atoms with van der Waals surface area (Å²) in [4.78, 5) is 36.8. The van der Waals surface area contributed by atoms with Crippen LogP contribution in [0.2, 0.25) is 0 Å². The van der Waals surface area contributed by atoms with E-state index in [1.807, 2.05) is 25.2 Å². The second-order valence-corrected chi connectivity index (χ2v) is 7.10. The Balaban J connectivity index is 2.28. The normalized spacial score (nSPS) is 37.6. The number of carbonyl (C=O) groups excluding carboxylic acids is 3. The number of hydrogen-bond acceptors (Lipinski definition) is 3. The first-order valence-corrected chi connectivity index (χ1v) is 7.45. The van der Waals surface area contributed by atoms with Crippen LogP contribution in [0, 0.1) is 22.7 Å². The average molecular weight is 284 g/mol. The van der Waals surface area contributed by atoms with Gasteiger partial charge in [0, 0.05) is 16.4 Å². The first kappa shape index (κ1) is 14.2. The third-order valence-corrected chi connectivity index (χ3v) is 6.15. The summed E-state index contributed by atoms with van der Waals surface area (Å²) in [5.41, 5.74) is 0.171. The molecule has 0 N–H and O–H groups in total. The van der Waals surface area contributed by atoms with E-state index in [0.29, 0.717) is 11.5 Å². The highest BCUT2D eigenvalue weighted by atomic mass is 16.2. The van der Waals surface area contributed by atoms with Crippen LogP contribution in [-0.4, -0.2) is 17.3 Å². The van der Waals surface area contributed by atoms with Gasteiger partial charge in [0.2, 0.25) is 11.6 Å². The summed E-state index contributed by atoms with van der Waals surface area (Å²) >= 11 is 0. The van der Waals surface area contributed by atoms with Crippen LogP contribution >= 0.6 is 0 Å². The van der Waals surface area contributed by atoms with Gasteiger partial charge in [0.05, 0.1) is 0 Å². The van der Waals surface area contributed by atoms with Crippen molar-refractivity contribution in [1.82, 2.24) is 0 Å². The van der Waals surface area contributed by atoms with E-state index >= 15 is 0 Å². The molecule has 0 bridgehead atoms. The van der Waals surface area contributed by atoms with Gasteiger partial charge in [-0.2, -0.15) is 0 Å². The van der Waals surface area contributed by atoms with E-state index in [-0.39, 0.29) is 5.92 Å². The molecule has 0 radical (unpaired) electrons. The van der Waals surface area contributed by atoms with Gasteiger partial charge in [-0.15, -0.1) is 0 Å². The lowest BCUT2D eigenvalue weighted by atomic mass is 9.46. The van der Waals surface area contributed by atoms with Crippen LogP contribution in [0.15, 0.2) is 35.5 Å². The lowest BCUT2D eigenvalue weighted by molar-refractivity contribution is -0.155. The summed E-state index contributed by atoms with van der Waals surface area (Å²) in [7, 11) is 0. The highest BCUT2D eigenvalue weighted by Crippen LogP contribution is 2.60. The molecule has 3 aliphatic rings. The Morgan fingerprint density at radius 1 is 1.10 bits per heavy atom. The molecule has 1 fully saturated rings. The number of allylic oxidation sites excluding steroid dienone is 6. The Bertz CT molecular complexity index is 660. The largest absolute Gasteiger partial charge is 0.290 e. The number of rotatable bonds is 0. The van der Waals surface area contributed by atoms with E-state index in [2.05, 4.69) is 13.0 Å². The predicted octanol–water partition coefficient (Wildman–Crippen LogP) is 2.82. The van der Waals surface area contributed by atoms with Crippen LogP contribution in [-0.2, 0) is 14.4 Å². The van der Waals surface area contributed by atoms with Crippen molar-refractivity contribution in [2.45, 2.75) is 34.1 Å². The van der Waals surface area contributed by atoms with Crippen molar-refractivity contribution in [2.24, 2.45) is 22.7 Å². The molecule has 0 aromatic carbocycles. The minimum Gasteiger partial charge on any atom is -0.290 e. The minimum atomic E-state index is -0.860. The molecule has 0 saturated heterocycles. The molecule has 3 rings (SSSR count). The van der Waals surface area contributed by atoms with Gasteiger partial charge in [-0.25, -0.2) is 0 Å². The lowest BCUT2D eigenvalue weighted by Gasteiger charge is -2.55. The zero-order chi connectivity index (χ0) is 15.6. The van der Waals surface area contributed by atoms with Crippen molar-refractivity contribution in [3.63, 3.8) is 0 Å². The van der Waals surface area contributed by atoms with Crippen LogP contribution in [0.25, 0.3) is 0 Å². The van der Waals surface area contributed by atoms with E-state index < -0.39 is 28.2 Å². The number of carbonyl (C=O) groups is 3. The number of Topliss-reactive ketones (excluding diaryl/α,β-unsaturated/α-hetero) is 3. The molecule has 1 saturated carbocycles. The molecule has 0 aliphatic heterocycles. The number of hydrogen-bond donors (Lipinski definition) is 0. The van der Waals surface area contributed by atoms with Gasteiger partial charge in [0.1, 0.15) is 0 Å². The molecule has 0 heterocycles. The number of fused-ring (bicyclic) bond motifs is 2. The fourth-order valence-electron chi connectivity index (χ4n) is 4.23. The molecule has 3 unspecified atom stereocenters. The summed E-state index contributed by atoms with van der Waals surface area (Å²) in [6, 6.07) is 0. The van der Waals surface area contributed by atoms with Crippen LogP contribution in [0.3, 0.4) is 0 Å². The molecular formula is C18H20O3. The quantitative estimate of drug-likeness (QED) is 0.643. The van der Waals surface area contributed by atoms with Crippen molar-refractivity contribution >= 4 is 17.3 Å². The Morgan fingerprint density at radius 2 is 1.76 bits per heavy atom. The lowest BCUT2D eigenvalue weighted by Crippen LogP contribution is -2.59. The Labute approximate surface area is 124 Å². The molecule has 3 heteroatoms. The smallest absolute Gasteiger partial charge is 0.269 e. The van der Waals surface area contributed by atoms with E-state index in [0.717, 1.165) is 12.0 Å². The van der Waals surface area contributed by atoms with Crippen molar-refractivity contribution in [2.75, 3.05) is 0 Å². The molecule has 0 aromatic rings. The van der Waals surface area contributed by atoms with E-state index in [1.165, 1.54) is 0 Å². The van der Waals surface area contributed by atoms with Gasteiger partial charge in [0.25, 0.3) is 5.78 Å². The molecule has 0 aromatic heterocycles. The fourth-order valence-corrected chi connectivity index (χ4v) is 4.23. The molecule has 3 atom stereocenters. The highest BCUT2D eigenvalue weighted by molar-refractivity contribution is 6.69. The summed E-state index contributed by atoms with van der Waals surface area (Å²) in [6.45, 7) is 7.68. The summed E-state index contributed by atoms with van der Waals surface area (Å²) in [5, 5.41) is 0. The average Bonchev–Trinajstić information content (AvgIpc) is 2.47. The maximum atomic E-state index is 12.4. The SMILES string of the molecule is CC1C2CC=CC=C2C=C2C(=O)C(=O)C(=O)C(C)(C)C21C. The highest BCUT2D eigenvalue weighted by Gasteiger charge is 2.62. The number of ketones is 3. The second kappa shape index (κ2) is 4.12. The first-order valence-electron chi connectivity index (χ1n) is 7.45. The minimum absolute atomic E-state index is 0.129. The van der Waals surface area contributed by atoms with Crippen LogP contribution in [0.1, 0.15) is 34.1 Å². The van der Waals surface area contributed by atoms with E-state index in [1.54, 1.807) is 13.8 Å². The molecular weight excluding hydrogens is 264 g/mol. The van der Waals surface area contributed by atoms with Crippen LogP contribution in [0.5, 0.6) is 0 Å². The van der Waals surface area contributed by atoms with Crippen molar-refractivity contribution in [3.8, 4) is 0 Å². The Morgan fingerprint density at radius 3 is 2.43 bits per heavy atom. The van der Waals surface area contributed by atoms with E-state index in [9.17, 15) is 14.4 Å². The van der Waals surface area contributed by atoms with Crippen molar-refractivity contribution in [3.05, 3.63) is 35.5 Å². The van der Waals surface area contributed by atoms with Gasteiger partial charge < -0.3 is 0 Å². The summed E-state index contributed by atoms with van der Waals surface area (Å²) in [6.07, 6.45) is 8.90. The van der Waals surface area contributed by atoms with Crippen LogP contribution in [0.4, 0.5) is 0 Å². The van der Waals surface area contributed by atoms with Crippen molar-refractivity contribution < 1.29 is 14.4 Å². The Hall–Kier alpha value is -1.77. The molecule has 110 valence electrons.